The Labute approximate surface area is 62.1 Å². The molecule has 0 aromatic carbocycles. The highest BCUT2D eigenvalue weighted by molar-refractivity contribution is 6.50. The van der Waals surface area contributed by atoms with Crippen LogP contribution in [0, 0.1) is 0 Å². The molecule has 0 rings (SSSR count). The van der Waals surface area contributed by atoms with E-state index in [0.29, 0.717) is 6.42 Å². The molecule has 0 atom stereocenters. The minimum atomic E-state index is -6.00. The lowest BCUT2D eigenvalue weighted by Gasteiger charge is -1.94. The maximum Gasteiger partial charge on any atom is 0.673 e. The lowest BCUT2D eigenvalue weighted by atomic mass is 10.3. The molecule has 0 aliphatic heterocycles. The summed E-state index contributed by atoms with van der Waals surface area (Å²) in [5, 5.41) is 2.48. The molecule has 0 aromatic rings. The Morgan fingerprint density at radius 3 is 1.64 bits per heavy atom. The maximum absolute atomic E-state index is 10.1. The van der Waals surface area contributed by atoms with E-state index in [0.717, 1.165) is 0 Å². The normalized spacial score (nSPS) is 9.64. The summed E-state index contributed by atoms with van der Waals surface area (Å²) in [6, 6.07) is 0. The minimum Gasteiger partial charge on any atom is -0.418 e. The predicted octanol–water partition coefficient (Wildman–Crippen LogP) is 1.44. The first-order valence-electron chi connectivity index (χ1n) is 2.89. The van der Waals surface area contributed by atoms with Crippen LogP contribution in [0.1, 0.15) is 13.3 Å². The average Bonchev–Trinajstić information content (AvgIpc) is 1.83. The van der Waals surface area contributed by atoms with Crippen LogP contribution in [-0.2, 0) is 4.79 Å². The highest BCUT2D eigenvalue weighted by Crippen LogP contribution is 2.06. The summed E-state index contributed by atoms with van der Waals surface area (Å²) < 4.78 is 39.0. The van der Waals surface area contributed by atoms with Gasteiger partial charge in [-0.2, -0.15) is 0 Å². The lowest BCUT2D eigenvalue weighted by Crippen LogP contribution is -2.15. The van der Waals surface area contributed by atoms with Gasteiger partial charge in [0.2, 0.25) is 5.91 Å². The summed E-state index contributed by atoms with van der Waals surface area (Å²) in [5.74, 6) is 0.0926. The first kappa shape index (κ1) is 12.9. The zero-order valence-corrected chi connectivity index (χ0v) is 6.20. The van der Waals surface area contributed by atoms with Crippen molar-refractivity contribution in [1.29, 1.82) is 0 Å². The Morgan fingerprint density at radius 1 is 1.36 bits per heavy atom. The topological polar surface area (TPSA) is 29.1 Å². The SMILES string of the molecule is CCC(=O)NC.F[B-](F)(F)F. The molecule has 0 radical (unpaired) electrons. The van der Waals surface area contributed by atoms with Gasteiger partial charge in [0.15, 0.2) is 0 Å². The van der Waals surface area contributed by atoms with Gasteiger partial charge < -0.3 is 22.6 Å². The third kappa shape index (κ3) is 46.0. The molecule has 1 amide bonds. The molecule has 2 nitrogen and oxygen atoms in total. The standard InChI is InChI=1S/C4H9NO.BF4/c1-3-4(6)5-2;2-1(3,4)5/h3H2,1-2H3,(H,5,6);/q;-1. The highest BCUT2D eigenvalue weighted by Gasteiger charge is 2.20. The van der Waals surface area contributed by atoms with Gasteiger partial charge in [0.1, 0.15) is 0 Å². The molecule has 0 aliphatic rings. The monoisotopic (exact) mass is 174 g/mol. The number of carbonyl (C=O) groups is 1. The molecular formula is C4H9BF4NO-. The number of hydrogen-bond donors (Lipinski definition) is 1. The van der Waals surface area contributed by atoms with Crippen molar-refractivity contribution in [3.05, 3.63) is 0 Å². The Kier molecular flexibility index (Phi) is 7.03. The van der Waals surface area contributed by atoms with Gasteiger partial charge in [0.05, 0.1) is 0 Å². The molecule has 0 saturated carbocycles. The lowest BCUT2D eigenvalue weighted by molar-refractivity contribution is -0.120. The van der Waals surface area contributed by atoms with Crippen molar-refractivity contribution in [3.63, 3.8) is 0 Å². The molecule has 0 fully saturated rings. The molecule has 0 bridgehead atoms. The van der Waals surface area contributed by atoms with Gasteiger partial charge in [-0.3, -0.25) is 4.79 Å². The van der Waals surface area contributed by atoms with Crippen LogP contribution in [0.15, 0.2) is 0 Å². The summed E-state index contributed by atoms with van der Waals surface area (Å²) in [4.78, 5) is 10.1. The van der Waals surface area contributed by atoms with Crippen molar-refractivity contribution >= 4 is 13.2 Å². The van der Waals surface area contributed by atoms with E-state index in [9.17, 15) is 22.1 Å². The van der Waals surface area contributed by atoms with Crippen LogP contribution in [0.2, 0.25) is 0 Å². The molecule has 0 aliphatic carbocycles. The van der Waals surface area contributed by atoms with E-state index in [1.54, 1.807) is 7.05 Å². The van der Waals surface area contributed by atoms with Crippen molar-refractivity contribution in [2.24, 2.45) is 0 Å². The summed E-state index contributed by atoms with van der Waals surface area (Å²) in [6.07, 6.45) is 0.580. The smallest absolute Gasteiger partial charge is 0.418 e. The third-order valence-corrected chi connectivity index (χ3v) is 0.600. The van der Waals surface area contributed by atoms with Crippen LogP contribution in [0.5, 0.6) is 0 Å². The number of halogens is 4. The van der Waals surface area contributed by atoms with Gasteiger partial charge in [-0.1, -0.05) is 6.92 Å². The minimum absolute atomic E-state index is 0.0926. The number of amides is 1. The summed E-state index contributed by atoms with van der Waals surface area (Å²) >= 11 is 0. The first-order valence-corrected chi connectivity index (χ1v) is 2.89. The van der Waals surface area contributed by atoms with Crippen LogP contribution in [0.3, 0.4) is 0 Å². The Hall–Kier alpha value is -0.745. The zero-order chi connectivity index (χ0) is 9.49. The Morgan fingerprint density at radius 2 is 1.64 bits per heavy atom. The highest BCUT2D eigenvalue weighted by atomic mass is 19.5. The van der Waals surface area contributed by atoms with Gasteiger partial charge in [0.25, 0.3) is 0 Å². The molecule has 68 valence electrons. The summed E-state index contributed by atoms with van der Waals surface area (Å²) in [6.45, 7) is 1.82. The fourth-order valence-corrected chi connectivity index (χ4v) is 0.177. The van der Waals surface area contributed by atoms with Gasteiger partial charge >= 0.3 is 7.25 Å². The van der Waals surface area contributed by atoms with E-state index in [-0.39, 0.29) is 5.91 Å². The fourth-order valence-electron chi connectivity index (χ4n) is 0.177. The number of rotatable bonds is 1. The van der Waals surface area contributed by atoms with Crippen LogP contribution in [-0.4, -0.2) is 20.2 Å². The van der Waals surface area contributed by atoms with Crippen molar-refractivity contribution in [2.45, 2.75) is 13.3 Å². The van der Waals surface area contributed by atoms with Crippen LogP contribution in [0.4, 0.5) is 17.3 Å². The van der Waals surface area contributed by atoms with Crippen LogP contribution < -0.4 is 5.32 Å². The predicted molar refractivity (Wildman–Crippen MR) is 34.5 cm³/mol. The van der Waals surface area contributed by atoms with E-state index >= 15 is 0 Å². The van der Waals surface area contributed by atoms with Crippen molar-refractivity contribution < 1.29 is 22.1 Å². The van der Waals surface area contributed by atoms with Crippen LogP contribution >= 0.6 is 0 Å². The van der Waals surface area contributed by atoms with E-state index < -0.39 is 7.25 Å². The van der Waals surface area contributed by atoms with E-state index in [1.807, 2.05) is 6.92 Å². The molecule has 11 heavy (non-hydrogen) atoms. The molecular weight excluding hydrogens is 165 g/mol. The van der Waals surface area contributed by atoms with Crippen molar-refractivity contribution in [2.75, 3.05) is 7.05 Å². The van der Waals surface area contributed by atoms with E-state index in [1.165, 1.54) is 0 Å². The molecule has 1 N–H and O–H groups in total. The Balaban J connectivity index is 0. The average molecular weight is 174 g/mol. The quantitative estimate of drug-likeness (QED) is 0.472. The third-order valence-electron chi connectivity index (χ3n) is 0.600. The van der Waals surface area contributed by atoms with E-state index in [2.05, 4.69) is 5.32 Å². The second kappa shape index (κ2) is 6.00. The molecule has 0 heterocycles. The molecule has 0 aromatic heterocycles. The number of nitrogens with one attached hydrogen (secondary N) is 1. The maximum atomic E-state index is 10.1. The second-order valence-electron chi connectivity index (χ2n) is 1.52. The first-order chi connectivity index (χ1) is 4.81. The van der Waals surface area contributed by atoms with Gasteiger partial charge in [-0.25, -0.2) is 0 Å². The zero-order valence-electron chi connectivity index (χ0n) is 6.20. The molecule has 0 spiro atoms. The molecule has 0 saturated heterocycles. The number of carbonyl (C=O) groups excluding carboxylic acids is 1. The molecule has 0 unspecified atom stereocenters. The Bertz CT molecular complexity index is 103. The second-order valence-corrected chi connectivity index (χ2v) is 1.52. The molecule has 7 heteroatoms. The van der Waals surface area contributed by atoms with Gasteiger partial charge in [-0.05, 0) is 0 Å². The van der Waals surface area contributed by atoms with Crippen molar-refractivity contribution in [1.82, 2.24) is 5.32 Å². The van der Waals surface area contributed by atoms with Gasteiger partial charge in [-0.15, -0.1) is 0 Å². The largest absolute Gasteiger partial charge is 0.673 e. The summed E-state index contributed by atoms with van der Waals surface area (Å²) in [5.41, 5.74) is 0. The van der Waals surface area contributed by atoms with Crippen LogP contribution in [0.25, 0.3) is 0 Å². The van der Waals surface area contributed by atoms with Crippen molar-refractivity contribution in [3.8, 4) is 0 Å². The summed E-state index contributed by atoms with van der Waals surface area (Å²) in [7, 11) is -4.37. The fraction of sp³-hybridized carbons (Fsp3) is 0.750. The van der Waals surface area contributed by atoms with E-state index in [4.69, 9.17) is 0 Å². The van der Waals surface area contributed by atoms with Gasteiger partial charge in [0, 0.05) is 13.5 Å². The number of hydrogen-bond acceptors (Lipinski definition) is 1.